The zero-order chi connectivity index (χ0) is 25.6. The average molecular weight is 503 g/mol. The van der Waals surface area contributed by atoms with Crippen LogP contribution in [-0.2, 0) is 0 Å². The van der Waals surface area contributed by atoms with Crippen LogP contribution in [0.25, 0.3) is 5.69 Å². The van der Waals surface area contributed by atoms with E-state index >= 15 is 0 Å². The van der Waals surface area contributed by atoms with Crippen LogP contribution in [0.1, 0.15) is 65.7 Å². The summed E-state index contributed by atoms with van der Waals surface area (Å²) in [6, 6.07) is 15.6. The molecule has 7 heteroatoms. The lowest BCUT2D eigenvalue weighted by molar-refractivity contribution is 0.0832. The third kappa shape index (κ3) is 6.52. The number of rotatable bonds is 8. The van der Waals surface area contributed by atoms with E-state index in [4.69, 9.17) is 0 Å². The third-order valence-corrected chi connectivity index (χ3v) is 8.02. The van der Waals surface area contributed by atoms with E-state index in [1.807, 2.05) is 36.5 Å². The minimum Gasteiger partial charge on any atom is -0.349 e. The van der Waals surface area contributed by atoms with Gasteiger partial charge in [-0.25, -0.2) is 9.07 Å². The maximum Gasteiger partial charge on any atom is 0.251 e. The van der Waals surface area contributed by atoms with Crippen molar-refractivity contribution in [3.8, 4) is 5.69 Å². The van der Waals surface area contributed by atoms with Gasteiger partial charge in [0, 0.05) is 35.5 Å². The minimum absolute atomic E-state index is 0.00600. The smallest absolute Gasteiger partial charge is 0.251 e. The van der Waals surface area contributed by atoms with E-state index in [0.717, 1.165) is 63.8 Å². The zero-order valence-corrected chi connectivity index (χ0v) is 21.2. The second-order valence-electron chi connectivity index (χ2n) is 10.5. The van der Waals surface area contributed by atoms with Gasteiger partial charge in [-0.1, -0.05) is 0 Å². The Labute approximate surface area is 217 Å². The largest absolute Gasteiger partial charge is 0.349 e. The van der Waals surface area contributed by atoms with Crippen LogP contribution >= 0.6 is 0 Å². The molecule has 1 N–H and O–H groups in total. The van der Waals surface area contributed by atoms with Crippen molar-refractivity contribution >= 4 is 11.7 Å². The molecule has 0 radical (unpaired) electrons. The van der Waals surface area contributed by atoms with Crippen LogP contribution in [0.2, 0.25) is 0 Å². The van der Waals surface area contributed by atoms with Crippen molar-refractivity contribution in [2.75, 3.05) is 19.6 Å². The van der Waals surface area contributed by atoms with Gasteiger partial charge in [-0.3, -0.25) is 9.59 Å². The Morgan fingerprint density at radius 1 is 0.892 bits per heavy atom. The molecule has 37 heavy (non-hydrogen) atoms. The summed E-state index contributed by atoms with van der Waals surface area (Å²) in [6.07, 6.45) is 10.9. The van der Waals surface area contributed by atoms with E-state index in [1.165, 1.54) is 18.6 Å². The number of hydrogen-bond donors (Lipinski definition) is 1. The van der Waals surface area contributed by atoms with Crippen LogP contribution in [0, 0.1) is 17.7 Å². The van der Waals surface area contributed by atoms with Crippen LogP contribution in [0.15, 0.2) is 67.0 Å². The van der Waals surface area contributed by atoms with Crippen molar-refractivity contribution in [1.82, 2.24) is 20.0 Å². The maximum atomic E-state index is 13.1. The lowest BCUT2D eigenvalue weighted by atomic mass is 9.83. The number of carbonyl (C=O) groups excluding carboxylic acids is 2. The van der Waals surface area contributed by atoms with E-state index in [9.17, 15) is 14.0 Å². The molecule has 1 aromatic heterocycles. The monoisotopic (exact) mass is 502 g/mol. The zero-order valence-electron chi connectivity index (χ0n) is 21.2. The lowest BCUT2D eigenvalue weighted by Gasteiger charge is -2.34. The Hall–Kier alpha value is -3.32. The van der Waals surface area contributed by atoms with Crippen molar-refractivity contribution < 1.29 is 14.0 Å². The van der Waals surface area contributed by atoms with Gasteiger partial charge in [0.1, 0.15) is 5.82 Å². The normalized spacial score (nSPS) is 21.0. The summed E-state index contributed by atoms with van der Waals surface area (Å²) in [6.45, 7) is 2.96. The molecule has 0 atom stereocenters. The standard InChI is InChI=1S/C30H35FN4O2/c31-26-8-4-23(5-9-26)29(36)24-15-20-34(21-16-24)19-14-22-2-10-27(11-3-22)33-30(37)25-6-12-28(13-7-25)35-18-1-17-32-35/h1,4-9,12-13,17-18,22,24,27H,2-3,10-11,14-16,19-21H2,(H,33,37)/t22-,27-. The number of aromatic nitrogens is 2. The number of nitrogens with zero attached hydrogens (tertiary/aromatic N) is 3. The fraction of sp³-hybridized carbons (Fsp3) is 0.433. The summed E-state index contributed by atoms with van der Waals surface area (Å²) in [4.78, 5) is 27.9. The van der Waals surface area contributed by atoms with Crippen molar-refractivity contribution in [3.63, 3.8) is 0 Å². The number of benzene rings is 2. The molecule has 0 bridgehead atoms. The summed E-state index contributed by atoms with van der Waals surface area (Å²) in [5.41, 5.74) is 2.24. The van der Waals surface area contributed by atoms with Crippen molar-refractivity contribution in [2.45, 2.75) is 51.0 Å². The molecular formula is C30H35FN4O2. The van der Waals surface area contributed by atoms with E-state index in [0.29, 0.717) is 17.0 Å². The van der Waals surface area contributed by atoms with Crippen LogP contribution in [-0.4, -0.2) is 52.0 Å². The SMILES string of the molecule is O=C(N[C@H]1CC[C@H](CCN2CCC(C(=O)c3ccc(F)cc3)CC2)CC1)c1ccc(-n2cccn2)cc1. The van der Waals surface area contributed by atoms with E-state index in [-0.39, 0.29) is 29.5 Å². The number of amides is 1. The second-order valence-corrected chi connectivity index (χ2v) is 10.5. The predicted molar refractivity (Wildman–Crippen MR) is 141 cm³/mol. The van der Waals surface area contributed by atoms with Crippen molar-refractivity contribution in [3.05, 3.63) is 83.9 Å². The lowest BCUT2D eigenvalue weighted by Crippen LogP contribution is -2.39. The highest BCUT2D eigenvalue weighted by atomic mass is 19.1. The molecule has 5 rings (SSSR count). The molecule has 1 saturated carbocycles. The molecule has 6 nitrogen and oxygen atoms in total. The molecule has 0 spiro atoms. The summed E-state index contributed by atoms with van der Waals surface area (Å²) in [5.74, 6) is 0.574. The predicted octanol–water partition coefficient (Wildman–Crippen LogP) is 5.29. The Kier molecular flexibility index (Phi) is 8.09. The fourth-order valence-electron chi connectivity index (χ4n) is 5.69. The Morgan fingerprint density at radius 2 is 1.57 bits per heavy atom. The van der Waals surface area contributed by atoms with Gasteiger partial charge in [0.2, 0.25) is 0 Å². The molecule has 194 valence electrons. The molecule has 2 fully saturated rings. The molecule has 2 aliphatic rings. The van der Waals surface area contributed by atoms with Crippen LogP contribution < -0.4 is 5.32 Å². The molecule has 0 unspecified atom stereocenters. The highest BCUT2D eigenvalue weighted by Gasteiger charge is 2.27. The number of halogens is 1. The van der Waals surface area contributed by atoms with Crippen molar-refractivity contribution in [1.29, 1.82) is 0 Å². The van der Waals surface area contributed by atoms with Gasteiger partial charge in [-0.15, -0.1) is 0 Å². The van der Waals surface area contributed by atoms with Gasteiger partial charge in [-0.2, -0.15) is 5.10 Å². The second kappa shape index (κ2) is 11.8. The molecule has 1 amide bonds. The van der Waals surface area contributed by atoms with Gasteiger partial charge >= 0.3 is 0 Å². The minimum atomic E-state index is -0.306. The summed E-state index contributed by atoms with van der Waals surface area (Å²) < 4.78 is 14.9. The molecule has 2 aromatic carbocycles. The van der Waals surface area contributed by atoms with Gasteiger partial charge < -0.3 is 10.2 Å². The molecule has 1 saturated heterocycles. The Bertz CT molecular complexity index is 1160. The van der Waals surface area contributed by atoms with E-state index in [1.54, 1.807) is 23.0 Å². The first-order valence-electron chi connectivity index (χ1n) is 13.5. The summed E-state index contributed by atoms with van der Waals surface area (Å²) in [5, 5.41) is 7.44. The highest BCUT2D eigenvalue weighted by Crippen LogP contribution is 2.29. The van der Waals surface area contributed by atoms with Gasteiger partial charge in [0.05, 0.1) is 5.69 Å². The molecule has 2 heterocycles. The molecule has 1 aliphatic carbocycles. The number of piperidine rings is 1. The number of nitrogens with one attached hydrogen (secondary N) is 1. The number of Topliss-reactive ketones (excluding diaryl/α,β-unsaturated/α-hetero) is 1. The van der Waals surface area contributed by atoms with Gasteiger partial charge in [0.15, 0.2) is 5.78 Å². The summed E-state index contributed by atoms with van der Waals surface area (Å²) >= 11 is 0. The Morgan fingerprint density at radius 3 is 2.22 bits per heavy atom. The van der Waals surface area contributed by atoms with Gasteiger partial charge in [-0.05, 0) is 125 Å². The van der Waals surface area contributed by atoms with Crippen LogP contribution in [0.5, 0.6) is 0 Å². The number of carbonyl (C=O) groups is 2. The Balaban J connectivity index is 0.997. The first kappa shape index (κ1) is 25.3. The topological polar surface area (TPSA) is 67.2 Å². The molecule has 1 aliphatic heterocycles. The van der Waals surface area contributed by atoms with Crippen LogP contribution in [0.3, 0.4) is 0 Å². The van der Waals surface area contributed by atoms with Crippen molar-refractivity contribution in [2.24, 2.45) is 11.8 Å². The molecule has 3 aromatic rings. The molecular weight excluding hydrogens is 467 g/mol. The first-order chi connectivity index (χ1) is 18.0. The first-order valence-corrected chi connectivity index (χ1v) is 13.5. The number of ketones is 1. The average Bonchev–Trinajstić information content (AvgIpc) is 3.48. The summed E-state index contributed by atoms with van der Waals surface area (Å²) in [7, 11) is 0. The van der Waals surface area contributed by atoms with E-state index in [2.05, 4.69) is 15.3 Å². The fourth-order valence-corrected chi connectivity index (χ4v) is 5.69. The number of hydrogen-bond acceptors (Lipinski definition) is 4. The third-order valence-electron chi connectivity index (χ3n) is 8.02. The van der Waals surface area contributed by atoms with Gasteiger partial charge in [0.25, 0.3) is 5.91 Å². The highest BCUT2D eigenvalue weighted by molar-refractivity contribution is 5.97. The van der Waals surface area contributed by atoms with Crippen LogP contribution in [0.4, 0.5) is 4.39 Å². The quantitative estimate of drug-likeness (QED) is 0.426. The maximum absolute atomic E-state index is 13.1. The number of likely N-dealkylation sites (tertiary alicyclic amines) is 1. The van der Waals surface area contributed by atoms with E-state index < -0.39 is 0 Å².